The van der Waals surface area contributed by atoms with Crippen LogP contribution in [0.5, 0.6) is 0 Å². The van der Waals surface area contributed by atoms with Crippen molar-refractivity contribution in [1.29, 1.82) is 0 Å². The van der Waals surface area contributed by atoms with Crippen LogP contribution in [0.1, 0.15) is 11.1 Å². The molecule has 1 saturated heterocycles. The Bertz CT molecular complexity index is 946. The number of benzene rings is 2. The summed E-state index contributed by atoms with van der Waals surface area (Å²) in [4.78, 5) is 16.9. The largest absolute Gasteiger partial charge is 0.368 e. The Hall–Kier alpha value is -2.92. The van der Waals surface area contributed by atoms with Crippen LogP contribution >= 0.6 is 12.4 Å². The molecular formula is C23H27ClN4O. The van der Waals surface area contributed by atoms with E-state index in [9.17, 15) is 4.79 Å². The van der Waals surface area contributed by atoms with Gasteiger partial charge in [-0.25, -0.2) is 4.79 Å². The lowest BCUT2D eigenvalue weighted by molar-refractivity contribution is 0.208. The fraction of sp³-hybridized carbons (Fsp3) is 0.261. The number of carbonyl (C=O) groups excluding carboxylic acids is 1. The van der Waals surface area contributed by atoms with E-state index in [0.29, 0.717) is 0 Å². The highest BCUT2D eigenvalue weighted by atomic mass is 35.5. The van der Waals surface area contributed by atoms with E-state index in [2.05, 4.69) is 42.3 Å². The maximum Gasteiger partial charge on any atom is 0.321 e. The molecule has 2 aromatic carbocycles. The van der Waals surface area contributed by atoms with Crippen molar-refractivity contribution in [3.8, 4) is 5.69 Å². The number of halogens is 1. The number of aryl methyl sites for hydroxylation is 1. The molecule has 0 atom stereocenters. The van der Waals surface area contributed by atoms with Gasteiger partial charge in [0.05, 0.1) is 0 Å². The van der Waals surface area contributed by atoms with Crippen molar-refractivity contribution in [2.75, 3.05) is 36.4 Å². The van der Waals surface area contributed by atoms with Gasteiger partial charge in [0, 0.05) is 55.6 Å². The Kier molecular flexibility index (Phi) is 6.49. The molecule has 6 heteroatoms. The summed E-state index contributed by atoms with van der Waals surface area (Å²) in [6.45, 7) is 7.46. The summed E-state index contributed by atoms with van der Waals surface area (Å²) in [5.41, 5.74) is 5.80. The third-order valence-corrected chi connectivity index (χ3v) is 5.50. The number of anilines is 2. The predicted octanol–water partition coefficient (Wildman–Crippen LogP) is 4.87. The first-order chi connectivity index (χ1) is 13.6. The van der Waals surface area contributed by atoms with E-state index in [1.54, 1.807) is 0 Å². The monoisotopic (exact) mass is 410 g/mol. The molecule has 2 amide bonds. The van der Waals surface area contributed by atoms with Crippen LogP contribution in [0.2, 0.25) is 0 Å². The Morgan fingerprint density at radius 3 is 2.17 bits per heavy atom. The Balaban J connectivity index is 0.00000240. The molecule has 0 bridgehead atoms. The maximum absolute atomic E-state index is 12.6. The van der Waals surface area contributed by atoms with Crippen LogP contribution in [-0.2, 0) is 0 Å². The molecule has 0 spiro atoms. The van der Waals surface area contributed by atoms with Crippen LogP contribution in [-0.4, -0.2) is 41.7 Å². The zero-order chi connectivity index (χ0) is 19.5. The van der Waals surface area contributed by atoms with Crippen LogP contribution in [0.25, 0.3) is 5.69 Å². The molecule has 1 fully saturated rings. The molecule has 0 saturated carbocycles. The molecular weight excluding hydrogens is 384 g/mol. The third kappa shape index (κ3) is 4.57. The van der Waals surface area contributed by atoms with Crippen LogP contribution in [0, 0.1) is 13.8 Å². The Morgan fingerprint density at radius 1 is 0.862 bits per heavy atom. The van der Waals surface area contributed by atoms with E-state index in [1.807, 2.05) is 58.3 Å². The standard InChI is InChI=1S/C23H26N4O.ClH/c1-18-6-5-7-22(19(18)2)26-14-16-27(17-15-26)23(28)24-20-8-10-21(11-9-20)25-12-3-4-13-25;/h3-13H,14-17H2,1-2H3,(H,24,28);1H. The van der Waals surface area contributed by atoms with Crippen LogP contribution in [0.3, 0.4) is 0 Å². The van der Waals surface area contributed by atoms with Gasteiger partial charge in [0.15, 0.2) is 0 Å². The van der Waals surface area contributed by atoms with E-state index >= 15 is 0 Å². The van der Waals surface area contributed by atoms with E-state index in [4.69, 9.17) is 0 Å². The minimum Gasteiger partial charge on any atom is -0.368 e. The van der Waals surface area contributed by atoms with Gasteiger partial charge in [0.1, 0.15) is 0 Å². The number of rotatable bonds is 3. The molecule has 1 aliphatic heterocycles. The SMILES string of the molecule is Cc1cccc(N2CCN(C(=O)Nc3ccc(-n4cccc4)cc3)CC2)c1C.Cl. The number of aromatic nitrogens is 1. The summed E-state index contributed by atoms with van der Waals surface area (Å²) in [5, 5.41) is 3.02. The molecule has 5 nitrogen and oxygen atoms in total. The average Bonchev–Trinajstić information content (AvgIpc) is 3.26. The van der Waals surface area contributed by atoms with Crippen molar-refractivity contribution in [3.63, 3.8) is 0 Å². The molecule has 0 aliphatic carbocycles. The topological polar surface area (TPSA) is 40.5 Å². The average molecular weight is 411 g/mol. The maximum atomic E-state index is 12.6. The summed E-state index contributed by atoms with van der Waals surface area (Å²) < 4.78 is 2.04. The zero-order valence-corrected chi connectivity index (χ0v) is 17.7. The van der Waals surface area contributed by atoms with Crippen molar-refractivity contribution in [2.24, 2.45) is 0 Å². The second-order valence-corrected chi connectivity index (χ2v) is 7.26. The number of hydrogen-bond acceptors (Lipinski definition) is 2. The molecule has 152 valence electrons. The van der Waals surface area contributed by atoms with E-state index in [1.165, 1.54) is 16.8 Å². The van der Waals surface area contributed by atoms with Gasteiger partial charge in [0.2, 0.25) is 0 Å². The van der Waals surface area contributed by atoms with Crippen molar-refractivity contribution in [1.82, 2.24) is 9.47 Å². The molecule has 0 radical (unpaired) electrons. The Labute approximate surface area is 178 Å². The lowest BCUT2D eigenvalue weighted by Crippen LogP contribution is -2.50. The van der Waals surface area contributed by atoms with Gasteiger partial charge in [0.25, 0.3) is 0 Å². The van der Waals surface area contributed by atoms with Gasteiger partial charge in [-0.2, -0.15) is 0 Å². The van der Waals surface area contributed by atoms with Gasteiger partial charge in [-0.15, -0.1) is 12.4 Å². The van der Waals surface area contributed by atoms with Gasteiger partial charge in [-0.05, 0) is 67.4 Å². The van der Waals surface area contributed by atoms with Gasteiger partial charge < -0.3 is 19.7 Å². The summed E-state index contributed by atoms with van der Waals surface area (Å²) >= 11 is 0. The van der Waals surface area contributed by atoms with Gasteiger partial charge in [-0.3, -0.25) is 0 Å². The second kappa shape index (κ2) is 9.05. The quantitative estimate of drug-likeness (QED) is 0.669. The van der Waals surface area contributed by atoms with Crippen LogP contribution in [0.4, 0.5) is 16.2 Å². The lowest BCUT2D eigenvalue weighted by atomic mass is 10.1. The third-order valence-electron chi connectivity index (χ3n) is 5.50. The summed E-state index contributed by atoms with van der Waals surface area (Å²) in [5.74, 6) is 0. The lowest BCUT2D eigenvalue weighted by Gasteiger charge is -2.37. The number of piperazine rings is 1. The van der Waals surface area contributed by atoms with Crippen LogP contribution < -0.4 is 10.2 Å². The highest BCUT2D eigenvalue weighted by molar-refractivity contribution is 5.89. The molecule has 1 aromatic heterocycles. The fourth-order valence-corrected chi connectivity index (χ4v) is 3.65. The molecule has 1 N–H and O–H groups in total. The highest BCUT2D eigenvalue weighted by Crippen LogP contribution is 2.24. The first-order valence-corrected chi connectivity index (χ1v) is 9.72. The number of hydrogen-bond donors (Lipinski definition) is 1. The minimum absolute atomic E-state index is 0. The number of amides is 2. The first kappa shape index (κ1) is 20.8. The zero-order valence-electron chi connectivity index (χ0n) is 16.8. The van der Waals surface area contributed by atoms with Gasteiger partial charge >= 0.3 is 6.03 Å². The number of urea groups is 1. The van der Waals surface area contributed by atoms with Crippen molar-refractivity contribution >= 4 is 29.8 Å². The summed E-state index contributed by atoms with van der Waals surface area (Å²) in [6, 6.07) is 18.3. The molecule has 0 unspecified atom stereocenters. The first-order valence-electron chi connectivity index (χ1n) is 9.72. The van der Waals surface area contributed by atoms with E-state index < -0.39 is 0 Å². The van der Waals surface area contributed by atoms with Crippen molar-refractivity contribution in [3.05, 3.63) is 78.1 Å². The molecule has 4 rings (SSSR count). The van der Waals surface area contributed by atoms with Crippen molar-refractivity contribution in [2.45, 2.75) is 13.8 Å². The summed E-state index contributed by atoms with van der Waals surface area (Å²) in [6.07, 6.45) is 4.01. The Morgan fingerprint density at radius 2 is 1.52 bits per heavy atom. The summed E-state index contributed by atoms with van der Waals surface area (Å²) in [7, 11) is 0. The van der Waals surface area contributed by atoms with Crippen molar-refractivity contribution < 1.29 is 4.79 Å². The van der Waals surface area contributed by atoms with E-state index in [-0.39, 0.29) is 18.4 Å². The van der Waals surface area contributed by atoms with Crippen LogP contribution in [0.15, 0.2) is 67.0 Å². The number of nitrogens with one attached hydrogen (secondary N) is 1. The van der Waals surface area contributed by atoms with E-state index in [0.717, 1.165) is 37.6 Å². The molecule has 1 aliphatic rings. The number of nitrogens with zero attached hydrogens (tertiary/aromatic N) is 3. The fourth-order valence-electron chi connectivity index (χ4n) is 3.65. The normalized spacial score (nSPS) is 13.7. The molecule has 2 heterocycles. The highest BCUT2D eigenvalue weighted by Gasteiger charge is 2.22. The molecule has 3 aromatic rings. The predicted molar refractivity (Wildman–Crippen MR) is 122 cm³/mol. The minimum atomic E-state index is -0.0330. The smallest absolute Gasteiger partial charge is 0.321 e. The molecule has 29 heavy (non-hydrogen) atoms. The number of carbonyl (C=O) groups is 1. The van der Waals surface area contributed by atoms with Gasteiger partial charge in [-0.1, -0.05) is 12.1 Å². The second-order valence-electron chi connectivity index (χ2n) is 7.26.